The molecule has 1 saturated heterocycles. The maximum Gasteiger partial charge on any atom is 0.329 e. The molecule has 0 aromatic heterocycles. The van der Waals surface area contributed by atoms with Crippen LogP contribution in [-0.4, -0.2) is 53.7 Å². The third kappa shape index (κ3) is 3.67. The van der Waals surface area contributed by atoms with Crippen molar-refractivity contribution < 1.29 is 19.4 Å². The maximum absolute atomic E-state index is 12.3. The number of piperidine rings is 1. The standard InChI is InChI=1S/C13H22N2O4/c14-11-3-1-2-10(11)13(18)15-6-4-9(5-7-15)19-8-12(16)17/h9-11H,1-8,14H2,(H,16,17). The number of carbonyl (C=O) groups excluding carboxylic acids is 1. The number of hydrogen-bond acceptors (Lipinski definition) is 4. The summed E-state index contributed by atoms with van der Waals surface area (Å²) in [6, 6.07) is 0.00786. The highest BCUT2D eigenvalue weighted by Crippen LogP contribution is 2.27. The van der Waals surface area contributed by atoms with Crippen LogP contribution in [0.4, 0.5) is 0 Å². The van der Waals surface area contributed by atoms with Crippen molar-refractivity contribution >= 4 is 11.9 Å². The molecule has 6 heteroatoms. The number of ether oxygens (including phenoxy) is 1. The molecule has 1 aliphatic carbocycles. The molecule has 0 spiro atoms. The van der Waals surface area contributed by atoms with Gasteiger partial charge in [-0.25, -0.2) is 4.79 Å². The fourth-order valence-electron chi connectivity index (χ4n) is 2.96. The first-order valence-electron chi connectivity index (χ1n) is 6.95. The minimum absolute atomic E-state index is 0.00786. The van der Waals surface area contributed by atoms with Crippen LogP contribution in [-0.2, 0) is 14.3 Å². The third-order valence-electron chi connectivity index (χ3n) is 4.08. The lowest BCUT2D eigenvalue weighted by Gasteiger charge is -2.34. The average molecular weight is 270 g/mol. The van der Waals surface area contributed by atoms with Crippen molar-refractivity contribution in [2.24, 2.45) is 11.7 Å². The lowest BCUT2D eigenvalue weighted by atomic mass is 10.00. The van der Waals surface area contributed by atoms with Crippen LogP contribution in [0, 0.1) is 5.92 Å². The monoisotopic (exact) mass is 270 g/mol. The molecule has 0 aromatic carbocycles. The van der Waals surface area contributed by atoms with Gasteiger partial charge in [0.25, 0.3) is 0 Å². The topological polar surface area (TPSA) is 92.9 Å². The Kier molecular flexibility index (Phi) is 4.76. The Morgan fingerprint density at radius 3 is 2.42 bits per heavy atom. The number of nitrogens with two attached hydrogens (primary N) is 1. The van der Waals surface area contributed by atoms with Crippen LogP contribution in [0.3, 0.4) is 0 Å². The van der Waals surface area contributed by atoms with Gasteiger partial charge in [-0.1, -0.05) is 6.42 Å². The third-order valence-corrected chi connectivity index (χ3v) is 4.08. The fraction of sp³-hybridized carbons (Fsp3) is 0.846. The molecule has 0 aromatic rings. The Morgan fingerprint density at radius 2 is 1.89 bits per heavy atom. The van der Waals surface area contributed by atoms with Gasteiger partial charge in [-0.05, 0) is 25.7 Å². The van der Waals surface area contributed by atoms with Crippen molar-refractivity contribution in [1.29, 1.82) is 0 Å². The fourth-order valence-corrected chi connectivity index (χ4v) is 2.96. The average Bonchev–Trinajstić information content (AvgIpc) is 2.82. The van der Waals surface area contributed by atoms with Gasteiger partial charge < -0.3 is 20.5 Å². The highest BCUT2D eigenvalue weighted by molar-refractivity contribution is 5.80. The zero-order valence-corrected chi connectivity index (χ0v) is 11.1. The van der Waals surface area contributed by atoms with E-state index in [1.165, 1.54) is 0 Å². The van der Waals surface area contributed by atoms with Gasteiger partial charge >= 0.3 is 5.97 Å². The van der Waals surface area contributed by atoms with Crippen LogP contribution in [0.15, 0.2) is 0 Å². The van der Waals surface area contributed by atoms with Gasteiger partial charge in [0.05, 0.1) is 12.0 Å². The summed E-state index contributed by atoms with van der Waals surface area (Å²) in [6.45, 7) is 1.03. The van der Waals surface area contributed by atoms with E-state index in [9.17, 15) is 9.59 Å². The van der Waals surface area contributed by atoms with E-state index >= 15 is 0 Å². The number of rotatable bonds is 4. The second kappa shape index (κ2) is 6.34. The summed E-state index contributed by atoms with van der Waals surface area (Å²) in [5.41, 5.74) is 5.96. The Balaban J connectivity index is 1.76. The van der Waals surface area contributed by atoms with Crippen LogP contribution in [0.2, 0.25) is 0 Å². The van der Waals surface area contributed by atoms with E-state index in [1.54, 1.807) is 0 Å². The second-order valence-corrected chi connectivity index (χ2v) is 5.43. The first kappa shape index (κ1) is 14.3. The lowest BCUT2D eigenvalue weighted by Crippen LogP contribution is -2.46. The van der Waals surface area contributed by atoms with Crippen molar-refractivity contribution in [2.75, 3.05) is 19.7 Å². The predicted molar refractivity (Wildman–Crippen MR) is 68.5 cm³/mol. The van der Waals surface area contributed by atoms with E-state index in [0.29, 0.717) is 25.9 Å². The number of likely N-dealkylation sites (tertiary alicyclic amines) is 1. The molecule has 19 heavy (non-hydrogen) atoms. The molecule has 1 saturated carbocycles. The summed E-state index contributed by atoms with van der Waals surface area (Å²) in [5, 5.41) is 8.55. The van der Waals surface area contributed by atoms with Crippen LogP contribution in [0.5, 0.6) is 0 Å². The van der Waals surface area contributed by atoms with Crippen molar-refractivity contribution in [1.82, 2.24) is 4.90 Å². The summed E-state index contributed by atoms with van der Waals surface area (Å²) in [5.74, 6) is -0.798. The van der Waals surface area contributed by atoms with Gasteiger partial charge in [0.2, 0.25) is 5.91 Å². The molecule has 1 aliphatic heterocycles. The number of aliphatic carboxylic acids is 1. The van der Waals surface area contributed by atoms with Crippen molar-refractivity contribution in [2.45, 2.75) is 44.2 Å². The molecule has 0 radical (unpaired) electrons. The molecular formula is C13H22N2O4. The van der Waals surface area contributed by atoms with Gasteiger partial charge in [0.15, 0.2) is 0 Å². The van der Waals surface area contributed by atoms with Gasteiger partial charge in [0, 0.05) is 19.1 Å². The smallest absolute Gasteiger partial charge is 0.329 e. The van der Waals surface area contributed by atoms with E-state index in [0.717, 1.165) is 19.3 Å². The number of hydrogen-bond donors (Lipinski definition) is 2. The predicted octanol–water partition coefficient (Wildman–Crippen LogP) is 0.206. The molecule has 1 amide bonds. The lowest BCUT2D eigenvalue weighted by molar-refractivity contribution is -0.147. The molecule has 6 nitrogen and oxygen atoms in total. The molecule has 2 unspecified atom stereocenters. The van der Waals surface area contributed by atoms with Gasteiger partial charge in [-0.2, -0.15) is 0 Å². The van der Waals surface area contributed by atoms with E-state index in [1.807, 2.05) is 4.90 Å². The van der Waals surface area contributed by atoms with E-state index in [4.69, 9.17) is 15.6 Å². The second-order valence-electron chi connectivity index (χ2n) is 5.43. The molecule has 2 rings (SSSR count). The molecule has 1 heterocycles. The summed E-state index contributed by atoms with van der Waals surface area (Å²) in [6.07, 6.45) is 4.25. The quantitative estimate of drug-likeness (QED) is 0.761. The first-order chi connectivity index (χ1) is 9.08. The Morgan fingerprint density at radius 1 is 1.21 bits per heavy atom. The van der Waals surface area contributed by atoms with Crippen LogP contribution >= 0.6 is 0 Å². The minimum atomic E-state index is -0.949. The normalized spacial score (nSPS) is 28.6. The Bertz CT molecular complexity index is 340. The van der Waals surface area contributed by atoms with Crippen LogP contribution in [0.25, 0.3) is 0 Å². The molecular weight excluding hydrogens is 248 g/mol. The molecule has 2 aliphatic rings. The number of nitrogens with zero attached hydrogens (tertiary/aromatic N) is 1. The number of carboxylic acids is 1. The zero-order valence-electron chi connectivity index (χ0n) is 11.1. The molecule has 0 bridgehead atoms. The van der Waals surface area contributed by atoms with Crippen molar-refractivity contribution in [3.63, 3.8) is 0 Å². The summed E-state index contributed by atoms with van der Waals surface area (Å²) >= 11 is 0. The molecule has 3 N–H and O–H groups in total. The van der Waals surface area contributed by atoms with Crippen molar-refractivity contribution in [3.8, 4) is 0 Å². The highest BCUT2D eigenvalue weighted by Gasteiger charge is 2.34. The summed E-state index contributed by atoms with van der Waals surface area (Å²) in [4.78, 5) is 24.6. The largest absolute Gasteiger partial charge is 0.480 e. The molecule has 108 valence electrons. The van der Waals surface area contributed by atoms with E-state index in [-0.39, 0.29) is 30.6 Å². The van der Waals surface area contributed by atoms with E-state index < -0.39 is 5.97 Å². The SMILES string of the molecule is NC1CCCC1C(=O)N1CCC(OCC(=O)O)CC1. The number of amides is 1. The number of carbonyl (C=O) groups is 2. The highest BCUT2D eigenvalue weighted by atomic mass is 16.5. The van der Waals surface area contributed by atoms with Gasteiger partial charge in [-0.15, -0.1) is 0 Å². The zero-order chi connectivity index (χ0) is 13.8. The van der Waals surface area contributed by atoms with Crippen LogP contribution < -0.4 is 5.73 Å². The van der Waals surface area contributed by atoms with Gasteiger partial charge in [-0.3, -0.25) is 4.79 Å². The Labute approximate surface area is 112 Å². The summed E-state index contributed by atoms with van der Waals surface area (Å²) < 4.78 is 5.26. The Hall–Kier alpha value is -1.14. The molecule has 2 atom stereocenters. The van der Waals surface area contributed by atoms with Crippen molar-refractivity contribution in [3.05, 3.63) is 0 Å². The minimum Gasteiger partial charge on any atom is -0.480 e. The summed E-state index contributed by atoms with van der Waals surface area (Å²) in [7, 11) is 0. The molecule has 2 fully saturated rings. The van der Waals surface area contributed by atoms with Gasteiger partial charge in [0.1, 0.15) is 6.61 Å². The number of carboxylic acid groups (broad SMARTS) is 1. The van der Waals surface area contributed by atoms with Crippen LogP contribution in [0.1, 0.15) is 32.1 Å². The van der Waals surface area contributed by atoms with E-state index in [2.05, 4.69) is 0 Å². The maximum atomic E-state index is 12.3. The first-order valence-corrected chi connectivity index (χ1v) is 6.95.